The molecule has 0 saturated heterocycles. The second-order valence-corrected chi connectivity index (χ2v) is 3.88. The van der Waals surface area contributed by atoms with Crippen molar-refractivity contribution in [3.63, 3.8) is 0 Å². The second kappa shape index (κ2) is 2.55. The SMILES string of the molecule is CC(C)=C(C)C(C)(C)C. The van der Waals surface area contributed by atoms with E-state index in [0.717, 1.165) is 0 Å². The van der Waals surface area contributed by atoms with Crippen LogP contribution in [0, 0.1) is 5.41 Å². The van der Waals surface area contributed by atoms with Crippen molar-refractivity contribution in [3.05, 3.63) is 11.1 Å². The van der Waals surface area contributed by atoms with Gasteiger partial charge in [-0.2, -0.15) is 0 Å². The van der Waals surface area contributed by atoms with Gasteiger partial charge in [-0.1, -0.05) is 31.9 Å². The molecule has 0 bridgehead atoms. The van der Waals surface area contributed by atoms with Crippen LogP contribution < -0.4 is 0 Å². The van der Waals surface area contributed by atoms with E-state index in [0.29, 0.717) is 5.41 Å². The van der Waals surface area contributed by atoms with E-state index in [1.165, 1.54) is 11.1 Å². The van der Waals surface area contributed by atoms with Crippen molar-refractivity contribution in [2.24, 2.45) is 5.41 Å². The van der Waals surface area contributed by atoms with Crippen LogP contribution in [0.1, 0.15) is 41.5 Å². The van der Waals surface area contributed by atoms with Gasteiger partial charge >= 0.3 is 0 Å². The number of rotatable bonds is 0. The molecule has 0 aliphatic rings. The van der Waals surface area contributed by atoms with E-state index in [9.17, 15) is 0 Å². The Balaban J connectivity index is 4.40. The Morgan fingerprint density at radius 2 is 1.22 bits per heavy atom. The van der Waals surface area contributed by atoms with Gasteiger partial charge in [0, 0.05) is 0 Å². The molecule has 0 saturated carbocycles. The first-order valence-corrected chi connectivity index (χ1v) is 3.50. The number of hydrogen-bond donors (Lipinski definition) is 0. The third kappa shape index (κ3) is 2.69. The summed E-state index contributed by atoms with van der Waals surface area (Å²) in [5.41, 5.74) is 3.31. The van der Waals surface area contributed by atoms with Crippen LogP contribution in [-0.2, 0) is 0 Å². The molecule has 0 aromatic heterocycles. The Kier molecular flexibility index (Phi) is 2.48. The van der Waals surface area contributed by atoms with Gasteiger partial charge in [-0.25, -0.2) is 0 Å². The highest BCUT2D eigenvalue weighted by atomic mass is 14.2. The van der Waals surface area contributed by atoms with Crippen LogP contribution >= 0.6 is 0 Å². The molecule has 0 rings (SSSR count). The molecular weight excluding hydrogens is 108 g/mol. The standard InChI is InChI=1S/C9H18/c1-7(2)8(3)9(4,5)6/h1-6H3. The molecule has 0 aliphatic heterocycles. The summed E-state index contributed by atoms with van der Waals surface area (Å²) >= 11 is 0. The maximum atomic E-state index is 2.25. The normalized spacial score (nSPS) is 11.3. The molecule has 54 valence electrons. The highest BCUT2D eigenvalue weighted by molar-refractivity contribution is 5.13. The highest BCUT2D eigenvalue weighted by Gasteiger charge is 2.12. The van der Waals surface area contributed by atoms with Crippen molar-refractivity contribution in [1.82, 2.24) is 0 Å². The van der Waals surface area contributed by atoms with E-state index in [-0.39, 0.29) is 0 Å². The largest absolute Gasteiger partial charge is 0.0770 e. The van der Waals surface area contributed by atoms with Crippen LogP contribution in [0.25, 0.3) is 0 Å². The second-order valence-electron chi connectivity index (χ2n) is 3.88. The minimum absolute atomic E-state index is 0.360. The zero-order valence-electron chi connectivity index (χ0n) is 7.50. The highest BCUT2D eigenvalue weighted by Crippen LogP contribution is 2.26. The van der Waals surface area contributed by atoms with Crippen molar-refractivity contribution in [2.45, 2.75) is 41.5 Å². The zero-order chi connectivity index (χ0) is 7.65. The summed E-state index contributed by atoms with van der Waals surface area (Å²) in [5, 5.41) is 0. The summed E-state index contributed by atoms with van der Waals surface area (Å²) in [6, 6.07) is 0. The monoisotopic (exact) mass is 126 g/mol. The van der Waals surface area contributed by atoms with E-state index >= 15 is 0 Å². The molecule has 0 heterocycles. The Hall–Kier alpha value is -0.260. The molecule has 0 atom stereocenters. The predicted molar refractivity (Wildman–Crippen MR) is 43.5 cm³/mol. The first-order valence-electron chi connectivity index (χ1n) is 3.50. The van der Waals surface area contributed by atoms with Crippen molar-refractivity contribution in [2.75, 3.05) is 0 Å². The summed E-state index contributed by atoms with van der Waals surface area (Å²) in [7, 11) is 0. The van der Waals surface area contributed by atoms with Gasteiger partial charge in [0.15, 0.2) is 0 Å². The average molecular weight is 126 g/mol. The molecule has 0 fully saturated rings. The molecular formula is C9H18. The van der Waals surface area contributed by atoms with Crippen molar-refractivity contribution in [1.29, 1.82) is 0 Å². The van der Waals surface area contributed by atoms with E-state index in [2.05, 4.69) is 41.5 Å². The van der Waals surface area contributed by atoms with E-state index < -0.39 is 0 Å². The van der Waals surface area contributed by atoms with Gasteiger partial charge in [0.05, 0.1) is 0 Å². The average Bonchev–Trinajstić information content (AvgIpc) is 1.62. The first-order chi connectivity index (χ1) is 3.85. The fourth-order valence-corrected chi connectivity index (χ4v) is 0.750. The Morgan fingerprint density at radius 1 is 0.889 bits per heavy atom. The smallest absolute Gasteiger partial charge is 0.0173 e. The molecule has 0 aliphatic carbocycles. The zero-order valence-corrected chi connectivity index (χ0v) is 7.50. The van der Waals surface area contributed by atoms with Gasteiger partial charge in [-0.3, -0.25) is 0 Å². The summed E-state index contributed by atoms with van der Waals surface area (Å²) < 4.78 is 0. The summed E-state index contributed by atoms with van der Waals surface area (Å²) in [4.78, 5) is 0. The molecule has 0 nitrogen and oxygen atoms in total. The third-order valence-corrected chi connectivity index (χ3v) is 1.88. The van der Waals surface area contributed by atoms with Crippen LogP contribution in [0.4, 0.5) is 0 Å². The lowest BCUT2D eigenvalue weighted by Gasteiger charge is -2.20. The molecule has 0 amide bonds. The lowest BCUT2D eigenvalue weighted by atomic mass is 9.85. The molecule has 0 heteroatoms. The van der Waals surface area contributed by atoms with Crippen molar-refractivity contribution >= 4 is 0 Å². The number of hydrogen-bond acceptors (Lipinski definition) is 0. The minimum atomic E-state index is 0.360. The topological polar surface area (TPSA) is 0 Å². The van der Waals surface area contributed by atoms with Crippen LogP contribution in [-0.4, -0.2) is 0 Å². The maximum Gasteiger partial charge on any atom is -0.0173 e. The summed E-state index contributed by atoms with van der Waals surface area (Å²) in [6.07, 6.45) is 0. The van der Waals surface area contributed by atoms with Crippen LogP contribution in [0.5, 0.6) is 0 Å². The van der Waals surface area contributed by atoms with E-state index in [4.69, 9.17) is 0 Å². The van der Waals surface area contributed by atoms with Crippen LogP contribution in [0.2, 0.25) is 0 Å². The van der Waals surface area contributed by atoms with Gasteiger partial charge in [-0.15, -0.1) is 0 Å². The Labute approximate surface area is 59.0 Å². The lowest BCUT2D eigenvalue weighted by molar-refractivity contribution is 0.498. The minimum Gasteiger partial charge on any atom is -0.0770 e. The van der Waals surface area contributed by atoms with Crippen LogP contribution in [0.3, 0.4) is 0 Å². The molecule has 0 N–H and O–H groups in total. The predicted octanol–water partition coefficient (Wildman–Crippen LogP) is 3.39. The molecule has 0 radical (unpaired) electrons. The molecule has 0 aromatic carbocycles. The maximum absolute atomic E-state index is 2.25. The van der Waals surface area contributed by atoms with Crippen LogP contribution in [0.15, 0.2) is 11.1 Å². The fraction of sp³-hybridized carbons (Fsp3) is 0.778. The van der Waals surface area contributed by atoms with E-state index in [1.807, 2.05) is 0 Å². The van der Waals surface area contributed by atoms with Gasteiger partial charge in [0.1, 0.15) is 0 Å². The Morgan fingerprint density at radius 3 is 1.22 bits per heavy atom. The van der Waals surface area contributed by atoms with Gasteiger partial charge < -0.3 is 0 Å². The van der Waals surface area contributed by atoms with Crippen molar-refractivity contribution < 1.29 is 0 Å². The first kappa shape index (κ1) is 8.74. The lowest BCUT2D eigenvalue weighted by Crippen LogP contribution is -2.07. The Bertz CT molecular complexity index is 117. The molecule has 0 unspecified atom stereocenters. The number of allylic oxidation sites excluding steroid dienone is 2. The third-order valence-electron chi connectivity index (χ3n) is 1.88. The van der Waals surface area contributed by atoms with E-state index in [1.54, 1.807) is 0 Å². The summed E-state index contributed by atoms with van der Waals surface area (Å²) in [5.74, 6) is 0. The van der Waals surface area contributed by atoms with Crippen molar-refractivity contribution in [3.8, 4) is 0 Å². The van der Waals surface area contributed by atoms with Gasteiger partial charge in [0.25, 0.3) is 0 Å². The molecule has 0 aromatic rings. The quantitative estimate of drug-likeness (QED) is 0.436. The molecule has 9 heavy (non-hydrogen) atoms. The van der Waals surface area contributed by atoms with Gasteiger partial charge in [-0.05, 0) is 26.2 Å². The molecule has 0 spiro atoms. The summed E-state index contributed by atoms with van der Waals surface area (Å²) in [6.45, 7) is 13.3. The van der Waals surface area contributed by atoms with Gasteiger partial charge in [0.2, 0.25) is 0 Å². The fourth-order valence-electron chi connectivity index (χ4n) is 0.750.